The van der Waals surface area contributed by atoms with Crippen LogP contribution in [0.2, 0.25) is 0 Å². The van der Waals surface area contributed by atoms with Crippen LogP contribution in [0.3, 0.4) is 0 Å². The summed E-state index contributed by atoms with van der Waals surface area (Å²) < 4.78 is 1.73. The van der Waals surface area contributed by atoms with Crippen molar-refractivity contribution in [1.29, 1.82) is 0 Å². The van der Waals surface area contributed by atoms with Gasteiger partial charge in [0.25, 0.3) is 0 Å². The molecule has 0 bridgehead atoms. The molecule has 2 atom stereocenters. The number of rotatable bonds is 3. The van der Waals surface area contributed by atoms with E-state index >= 15 is 0 Å². The van der Waals surface area contributed by atoms with Crippen LogP contribution in [0.5, 0.6) is 0 Å². The Morgan fingerprint density at radius 2 is 1.90 bits per heavy atom. The second kappa shape index (κ2) is 4.62. The fourth-order valence-corrected chi connectivity index (χ4v) is 3.64. The van der Waals surface area contributed by atoms with Gasteiger partial charge in [-0.1, -0.05) is 6.42 Å². The third kappa shape index (κ3) is 2.09. The van der Waals surface area contributed by atoms with E-state index in [1.807, 2.05) is 30.3 Å². The molecule has 0 aliphatic heterocycles. The van der Waals surface area contributed by atoms with Crippen molar-refractivity contribution < 1.29 is 4.79 Å². The Kier molecular flexibility index (Phi) is 2.74. The molecule has 2 aliphatic rings. The van der Waals surface area contributed by atoms with Crippen molar-refractivity contribution in [2.75, 3.05) is 11.1 Å². The number of nitrogens with one attached hydrogen (secondary N) is 1. The summed E-state index contributed by atoms with van der Waals surface area (Å²) in [6.07, 6.45) is 5.39. The topological polar surface area (TPSA) is 72.9 Å². The summed E-state index contributed by atoms with van der Waals surface area (Å²) in [4.78, 5) is 12.4. The van der Waals surface area contributed by atoms with Crippen LogP contribution in [0.4, 0.5) is 11.5 Å². The molecule has 1 aromatic heterocycles. The molecule has 1 heterocycles. The van der Waals surface area contributed by atoms with Gasteiger partial charge in [0.2, 0.25) is 5.91 Å². The molecular weight excluding hydrogens is 264 g/mol. The van der Waals surface area contributed by atoms with Gasteiger partial charge in [0, 0.05) is 17.7 Å². The van der Waals surface area contributed by atoms with Crippen LogP contribution in [0.25, 0.3) is 5.69 Å². The van der Waals surface area contributed by atoms with Crippen LogP contribution in [0.15, 0.2) is 36.5 Å². The maximum atomic E-state index is 12.4. The lowest BCUT2D eigenvalue weighted by Crippen LogP contribution is -2.18. The number of aromatic nitrogens is 2. The summed E-state index contributed by atoms with van der Waals surface area (Å²) in [6.45, 7) is 0. The molecule has 2 saturated carbocycles. The highest BCUT2D eigenvalue weighted by Crippen LogP contribution is 2.57. The first-order valence-electron chi connectivity index (χ1n) is 7.45. The Labute approximate surface area is 123 Å². The van der Waals surface area contributed by atoms with Crippen LogP contribution in [-0.2, 0) is 4.79 Å². The molecule has 1 aromatic carbocycles. The molecule has 2 fully saturated rings. The Balaban J connectivity index is 1.52. The van der Waals surface area contributed by atoms with Gasteiger partial charge in [0.05, 0.1) is 11.9 Å². The number of hydrogen-bond donors (Lipinski definition) is 2. The van der Waals surface area contributed by atoms with Crippen LogP contribution >= 0.6 is 0 Å². The van der Waals surface area contributed by atoms with Crippen molar-refractivity contribution in [1.82, 2.24) is 9.78 Å². The summed E-state index contributed by atoms with van der Waals surface area (Å²) in [7, 11) is 0. The normalized spacial score (nSPS) is 26.4. The number of carbonyl (C=O) groups is 1. The zero-order valence-corrected chi connectivity index (χ0v) is 11.7. The highest BCUT2D eigenvalue weighted by atomic mass is 16.2. The minimum atomic E-state index is 0.141. The van der Waals surface area contributed by atoms with Crippen molar-refractivity contribution in [2.24, 2.45) is 17.8 Å². The summed E-state index contributed by atoms with van der Waals surface area (Å²) in [5, 5.41) is 7.31. The van der Waals surface area contributed by atoms with E-state index in [0.717, 1.165) is 11.5 Å². The summed E-state index contributed by atoms with van der Waals surface area (Å²) in [5.41, 5.74) is 7.30. The maximum Gasteiger partial charge on any atom is 0.229 e. The van der Waals surface area contributed by atoms with Gasteiger partial charge < -0.3 is 11.1 Å². The molecule has 21 heavy (non-hydrogen) atoms. The molecule has 5 heteroatoms. The predicted molar refractivity (Wildman–Crippen MR) is 80.9 cm³/mol. The summed E-state index contributed by atoms with van der Waals surface area (Å²) >= 11 is 0. The number of benzene rings is 1. The van der Waals surface area contributed by atoms with Crippen molar-refractivity contribution in [2.45, 2.75) is 19.3 Å². The van der Waals surface area contributed by atoms with Gasteiger partial charge >= 0.3 is 0 Å². The number of amides is 1. The molecule has 0 saturated heterocycles. The van der Waals surface area contributed by atoms with Crippen molar-refractivity contribution in [3.63, 3.8) is 0 Å². The number of nitrogen functional groups attached to an aromatic ring is 1. The fourth-order valence-electron chi connectivity index (χ4n) is 3.64. The summed E-state index contributed by atoms with van der Waals surface area (Å²) in [6, 6.07) is 9.27. The summed E-state index contributed by atoms with van der Waals surface area (Å²) in [5.74, 6) is 2.32. The molecule has 108 valence electrons. The van der Waals surface area contributed by atoms with Crippen LogP contribution < -0.4 is 11.1 Å². The van der Waals surface area contributed by atoms with E-state index in [1.165, 1.54) is 19.3 Å². The van der Waals surface area contributed by atoms with Gasteiger partial charge in [-0.15, -0.1) is 0 Å². The van der Waals surface area contributed by atoms with E-state index in [-0.39, 0.29) is 11.8 Å². The first-order chi connectivity index (χ1) is 10.2. The highest BCUT2D eigenvalue weighted by Gasteiger charge is 2.56. The Bertz CT molecular complexity index is 666. The quantitative estimate of drug-likeness (QED) is 0.849. The average molecular weight is 282 g/mol. The molecule has 3 N–H and O–H groups in total. The SMILES string of the molecule is Nc1ccc(-n2nccc2NC(=O)C2C3CCCC32)cc1. The molecule has 5 nitrogen and oxygen atoms in total. The van der Waals surface area contributed by atoms with Gasteiger partial charge in [-0.05, 0) is 48.9 Å². The zero-order valence-electron chi connectivity index (χ0n) is 11.7. The average Bonchev–Trinajstić information content (AvgIpc) is 2.84. The molecule has 1 amide bonds. The monoisotopic (exact) mass is 282 g/mol. The Morgan fingerprint density at radius 1 is 1.19 bits per heavy atom. The lowest BCUT2D eigenvalue weighted by Gasteiger charge is -2.10. The highest BCUT2D eigenvalue weighted by molar-refractivity contribution is 5.94. The van der Waals surface area contributed by atoms with Gasteiger partial charge in [-0.2, -0.15) is 5.10 Å². The van der Waals surface area contributed by atoms with E-state index in [1.54, 1.807) is 10.9 Å². The number of nitrogens with two attached hydrogens (primary N) is 1. The minimum absolute atomic E-state index is 0.141. The van der Waals surface area contributed by atoms with Crippen LogP contribution in [0.1, 0.15) is 19.3 Å². The van der Waals surface area contributed by atoms with Crippen molar-refractivity contribution in [3.05, 3.63) is 36.5 Å². The number of carbonyl (C=O) groups excluding carboxylic acids is 1. The largest absolute Gasteiger partial charge is 0.399 e. The fraction of sp³-hybridized carbons (Fsp3) is 0.375. The third-order valence-electron chi connectivity index (χ3n) is 4.74. The Hall–Kier alpha value is -2.30. The molecule has 0 spiro atoms. The van der Waals surface area contributed by atoms with Crippen molar-refractivity contribution >= 4 is 17.4 Å². The molecular formula is C16H18N4O. The van der Waals surface area contributed by atoms with Crippen LogP contribution in [-0.4, -0.2) is 15.7 Å². The lowest BCUT2D eigenvalue weighted by molar-refractivity contribution is -0.118. The molecule has 2 aliphatic carbocycles. The third-order valence-corrected chi connectivity index (χ3v) is 4.74. The Morgan fingerprint density at radius 3 is 2.62 bits per heavy atom. The second-order valence-corrected chi connectivity index (χ2v) is 5.99. The lowest BCUT2D eigenvalue weighted by atomic mass is 10.1. The van der Waals surface area contributed by atoms with E-state index in [0.29, 0.717) is 17.5 Å². The molecule has 2 unspecified atom stereocenters. The minimum Gasteiger partial charge on any atom is -0.399 e. The van der Waals surface area contributed by atoms with Crippen molar-refractivity contribution in [3.8, 4) is 5.69 Å². The second-order valence-electron chi connectivity index (χ2n) is 5.99. The standard InChI is InChI=1S/C16H18N4O/c17-10-4-6-11(7-5-10)20-14(8-9-18-20)19-16(21)15-12-2-1-3-13(12)15/h4-9,12-13,15H,1-3,17H2,(H,19,21). The van der Waals surface area contributed by atoms with Gasteiger partial charge in [-0.25, -0.2) is 4.68 Å². The maximum absolute atomic E-state index is 12.4. The van der Waals surface area contributed by atoms with Gasteiger partial charge in [0.1, 0.15) is 5.82 Å². The van der Waals surface area contributed by atoms with Gasteiger partial charge in [-0.3, -0.25) is 4.79 Å². The number of nitrogens with zero attached hydrogens (tertiary/aromatic N) is 2. The van der Waals surface area contributed by atoms with E-state index in [9.17, 15) is 4.79 Å². The molecule has 2 aromatic rings. The van der Waals surface area contributed by atoms with Gasteiger partial charge in [0.15, 0.2) is 0 Å². The smallest absolute Gasteiger partial charge is 0.229 e. The van der Waals surface area contributed by atoms with E-state index in [4.69, 9.17) is 5.73 Å². The first kappa shape index (κ1) is 12.4. The zero-order chi connectivity index (χ0) is 14.4. The number of anilines is 2. The number of fused-ring (bicyclic) bond motifs is 1. The molecule has 0 radical (unpaired) electrons. The van der Waals surface area contributed by atoms with Crippen LogP contribution in [0, 0.1) is 17.8 Å². The van der Waals surface area contributed by atoms with E-state index in [2.05, 4.69) is 10.4 Å². The number of hydrogen-bond acceptors (Lipinski definition) is 3. The van der Waals surface area contributed by atoms with E-state index < -0.39 is 0 Å². The molecule has 4 rings (SSSR count). The first-order valence-corrected chi connectivity index (χ1v) is 7.45. The predicted octanol–water partition coefficient (Wildman–Crippen LogP) is 2.44.